The maximum absolute atomic E-state index is 4.10. The maximum atomic E-state index is 4.10. The molecule has 1 rings (SSSR count). The molecule has 3 nitrogen and oxygen atoms in total. The Hall–Kier alpha value is -0.930. The Morgan fingerprint density at radius 1 is 1.35 bits per heavy atom. The van der Waals surface area contributed by atoms with E-state index in [9.17, 15) is 0 Å². The monoisotopic (exact) mass is 235 g/mol. The van der Waals surface area contributed by atoms with Gasteiger partial charge in [-0.1, -0.05) is 19.9 Å². The van der Waals surface area contributed by atoms with Gasteiger partial charge < -0.3 is 10.2 Å². The van der Waals surface area contributed by atoms with E-state index in [0.29, 0.717) is 0 Å². The average molecular weight is 235 g/mol. The number of hydrogen-bond acceptors (Lipinski definition) is 3. The lowest BCUT2D eigenvalue weighted by molar-refractivity contribution is 0.309. The van der Waals surface area contributed by atoms with Crippen LogP contribution in [0.4, 0.5) is 0 Å². The summed E-state index contributed by atoms with van der Waals surface area (Å²) in [5.41, 5.74) is 1.25. The third-order valence-corrected chi connectivity index (χ3v) is 2.81. The Labute approximate surface area is 105 Å². The summed E-state index contributed by atoms with van der Waals surface area (Å²) in [4.78, 5) is 6.48. The van der Waals surface area contributed by atoms with Crippen molar-refractivity contribution in [2.75, 3.05) is 26.7 Å². The molecular formula is C14H25N3. The van der Waals surface area contributed by atoms with E-state index >= 15 is 0 Å². The predicted molar refractivity (Wildman–Crippen MR) is 72.9 cm³/mol. The zero-order valence-corrected chi connectivity index (χ0v) is 11.3. The first-order chi connectivity index (χ1) is 8.18. The quantitative estimate of drug-likeness (QED) is 0.700. The van der Waals surface area contributed by atoms with Gasteiger partial charge in [0.1, 0.15) is 0 Å². The number of nitrogens with one attached hydrogen (secondary N) is 1. The highest BCUT2D eigenvalue weighted by atomic mass is 15.1. The highest BCUT2D eigenvalue weighted by Crippen LogP contribution is 2.00. The minimum Gasteiger partial charge on any atom is -0.311 e. The fourth-order valence-corrected chi connectivity index (χ4v) is 1.60. The zero-order chi connectivity index (χ0) is 12.5. The van der Waals surface area contributed by atoms with Crippen molar-refractivity contribution in [3.63, 3.8) is 0 Å². The summed E-state index contributed by atoms with van der Waals surface area (Å²) < 4.78 is 0. The molecule has 0 bridgehead atoms. The van der Waals surface area contributed by atoms with Crippen LogP contribution in [0, 0.1) is 5.92 Å². The normalized spacial score (nSPS) is 11.4. The molecule has 1 aromatic heterocycles. The largest absolute Gasteiger partial charge is 0.311 e. The predicted octanol–water partition coefficient (Wildman–Crippen LogP) is 2.15. The zero-order valence-electron chi connectivity index (χ0n) is 11.3. The number of nitrogens with zero attached hydrogens (tertiary/aromatic N) is 2. The van der Waals surface area contributed by atoms with E-state index in [0.717, 1.165) is 25.6 Å². The molecule has 96 valence electrons. The van der Waals surface area contributed by atoms with Gasteiger partial charge in [0.25, 0.3) is 0 Å². The van der Waals surface area contributed by atoms with Gasteiger partial charge in [0.2, 0.25) is 0 Å². The van der Waals surface area contributed by atoms with E-state index in [1.807, 2.05) is 18.5 Å². The lowest BCUT2D eigenvalue weighted by Crippen LogP contribution is -2.30. The standard InChI is InChI=1S/C14H25N3/c1-13(2)6-9-17(3)10-8-16-12-14-5-4-7-15-11-14/h4-5,7,11,13,16H,6,8-10,12H2,1-3H3. The third-order valence-electron chi connectivity index (χ3n) is 2.81. The summed E-state index contributed by atoms with van der Waals surface area (Å²) in [5.74, 6) is 0.792. The van der Waals surface area contributed by atoms with Gasteiger partial charge in [-0.3, -0.25) is 4.98 Å². The minimum absolute atomic E-state index is 0.792. The number of likely N-dealkylation sites (N-methyl/N-ethyl adjacent to an activating group) is 1. The molecule has 0 aromatic carbocycles. The van der Waals surface area contributed by atoms with Gasteiger partial charge in [-0.2, -0.15) is 0 Å². The molecule has 0 aliphatic heterocycles. The first-order valence-electron chi connectivity index (χ1n) is 6.46. The maximum Gasteiger partial charge on any atom is 0.0312 e. The second kappa shape index (κ2) is 8.20. The highest BCUT2D eigenvalue weighted by Gasteiger charge is 2.00. The number of rotatable bonds is 8. The average Bonchev–Trinajstić information content (AvgIpc) is 2.33. The summed E-state index contributed by atoms with van der Waals surface area (Å²) in [6.07, 6.45) is 5.00. The van der Waals surface area contributed by atoms with Crippen molar-refractivity contribution < 1.29 is 0 Å². The molecule has 0 saturated heterocycles. The molecule has 17 heavy (non-hydrogen) atoms. The van der Waals surface area contributed by atoms with Crippen LogP contribution in [0.3, 0.4) is 0 Å². The summed E-state index contributed by atoms with van der Waals surface area (Å²) in [6, 6.07) is 4.08. The molecule has 0 radical (unpaired) electrons. The SMILES string of the molecule is CC(C)CCN(C)CCNCc1cccnc1. The third kappa shape index (κ3) is 7.08. The Balaban J connectivity index is 2.04. The van der Waals surface area contributed by atoms with E-state index < -0.39 is 0 Å². The van der Waals surface area contributed by atoms with E-state index in [-0.39, 0.29) is 0 Å². The Morgan fingerprint density at radius 2 is 2.18 bits per heavy atom. The van der Waals surface area contributed by atoms with Gasteiger partial charge in [-0.25, -0.2) is 0 Å². The molecule has 0 spiro atoms. The molecule has 1 heterocycles. The van der Waals surface area contributed by atoms with Gasteiger partial charge in [-0.15, -0.1) is 0 Å². The van der Waals surface area contributed by atoms with Gasteiger partial charge in [0.05, 0.1) is 0 Å². The van der Waals surface area contributed by atoms with Crippen LogP contribution in [0.5, 0.6) is 0 Å². The summed E-state index contributed by atoms with van der Waals surface area (Å²) >= 11 is 0. The fourth-order valence-electron chi connectivity index (χ4n) is 1.60. The summed E-state index contributed by atoms with van der Waals surface area (Å²) in [7, 11) is 2.19. The molecule has 0 unspecified atom stereocenters. The molecule has 0 fully saturated rings. The van der Waals surface area contributed by atoms with Gasteiger partial charge in [-0.05, 0) is 37.6 Å². The molecule has 3 heteroatoms. The molecule has 0 aliphatic carbocycles. The Morgan fingerprint density at radius 3 is 2.82 bits per heavy atom. The lowest BCUT2D eigenvalue weighted by atomic mass is 10.1. The second-order valence-electron chi connectivity index (χ2n) is 5.02. The van der Waals surface area contributed by atoms with Crippen LogP contribution < -0.4 is 5.32 Å². The molecule has 1 aromatic rings. The Bertz CT molecular complexity index is 285. The molecular weight excluding hydrogens is 210 g/mol. The van der Waals surface area contributed by atoms with Crippen LogP contribution >= 0.6 is 0 Å². The lowest BCUT2D eigenvalue weighted by Gasteiger charge is -2.17. The molecule has 0 aliphatic rings. The summed E-state index contributed by atoms with van der Waals surface area (Å²) in [6.45, 7) is 8.78. The molecule has 0 atom stereocenters. The minimum atomic E-state index is 0.792. The van der Waals surface area contributed by atoms with Crippen LogP contribution in [-0.4, -0.2) is 36.6 Å². The van der Waals surface area contributed by atoms with Crippen molar-refractivity contribution in [2.24, 2.45) is 5.92 Å². The van der Waals surface area contributed by atoms with Crippen LogP contribution in [-0.2, 0) is 6.54 Å². The van der Waals surface area contributed by atoms with E-state index in [2.05, 4.69) is 42.2 Å². The van der Waals surface area contributed by atoms with Crippen molar-refractivity contribution in [3.05, 3.63) is 30.1 Å². The Kier molecular flexibility index (Phi) is 6.82. The first-order valence-corrected chi connectivity index (χ1v) is 6.46. The highest BCUT2D eigenvalue weighted by molar-refractivity contribution is 5.07. The smallest absolute Gasteiger partial charge is 0.0312 e. The van der Waals surface area contributed by atoms with Crippen molar-refractivity contribution in [3.8, 4) is 0 Å². The van der Waals surface area contributed by atoms with E-state index in [1.54, 1.807) is 0 Å². The van der Waals surface area contributed by atoms with Crippen LogP contribution in [0.25, 0.3) is 0 Å². The number of pyridine rings is 1. The summed E-state index contributed by atoms with van der Waals surface area (Å²) in [5, 5.41) is 3.44. The van der Waals surface area contributed by atoms with Crippen LogP contribution in [0.15, 0.2) is 24.5 Å². The van der Waals surface area contributed by atoms with Crippen molar-refractivity contribution in [1.82, 2.24) is 15.2 Å². The number of aromatic nitrogens is 1. The van der Waals surface area contributed by atoms with Crippen LogP contribution in [0.2, 0.25) is 0 Å². The van der Waals surface area contributed by atoms with Gasteiger partial charge >= 0.3 is 0 Å². The van der Waals surface area contributed by atoms with Crippen molar-refractivity contribution in [2.45, 2.75) is 26.8 Å². The van der Waals surface area contributed by atoms with Crippen molar-refractivity contribution in [1.29, 1.82) is 0 Å². The van der Waals surface area contributed by atoms with Gasteiger partial charge in [0.15, 0.2) is 0 Å². The molecule has 1 N–H and O–H groups in total. The number of hydrogen-bond donors (Lipinski definition) is 1. The first kappa shape index (κ1) is 14.1. The molecule has 0 saturated carbocycles. The van der Waals surface area contributed by atoms with E-state index in [4.69, 9.17) is 0 Å². The topological polar surface area (TPSA) is 28.2 Å². The van der Waals surface area contributed by atoms with Crippen molar-refractivity contribution >= 4 is 0 Å². The fraction of sp³-hybridized carbons (Fsp3) is 0.643. The van der Waals surface area contributed by atoms with Gasteiger partial charge in [0, 0.05) is 32.0 Å². The van der Waals surface area contributed by atoms with E-state index in [1.165, 1.54) is 18.5 Å². The van der Waals surface area contributed by atoms with Crippen LogP contribution in [0.1, 0.15) is 25.8 Å². The second-order valence-corrected chi connectivity index (χ2v) is 5.02. The molecule has 0 amide bonds.